The predicted octanol–water partition coefficient (Wildman–Crippen LogP) is 1.86. The van der Waals surface area contributed by atoms with Crippen molar-refractivity contribution in [3.8, 4) is 0 Å². The Morgan fingerprint density at radius 3 is 2.38 bits per heavy atom. The monoisotopic (exact) mass is 231 g/mol. The smallest absolute Gasteiger partial charge is 0.333 e. The van der Waals surface area contributed by atoms with Crippen molar-refractivity contribution in [2.24, 2.45) is 5.92 Å². The summed E-state index contributed by atoms with van der Waals surface area (Å²) in [6.45, 7) is 7.28. The van der Waals surface area contributed by atoms with Crippen molar-refractivity contribution in [1.82, 2.24) is 6.15 Å². The molecule has 0 fully saturated rings. The lowest BCUT2D eigenvalue weighted by Crippen LogP contribution is -2.12. The Hall–Kier alpha value is -1.36. The van der Waals surface area contributed by atoms with Crippen LogP contribution in [-0.2, 0) is 19.1 Å². The van der Waals surface area contributed by atoms with Gasteiger partial charge in [-0.1, -0.05) is 13.5 Å². The molecule has 0 aliphatic heterocycles. The standard InChI is InChI=1S/C11H18O4.H3N/c1-8(2)11(13)15-6-5-9(3)7-10(12)14-4;/h9H,1,5-7H2,2-4H3;1H3. The third-order valence-corrected chi connectivity index (χ3v) is 1.94. The fourth-order valence-corrected chi connectivity index (χ4v) is 0.946. The molecule has 0 bridgehead atoms. The van der Waals surface area contributed by atoms with Gasteiger partial charge in [0.2, 0.25) is 0 Å². The maximum Gasteiger partial charge on any atom is 0.333 e. The zero-order chi connectivity index (χ0) is 11.8. The van der Waals surface area contributed by atoms with E-state index in [9.17, 15) is 9.59 Å². The summed E-state index contributed by atoms with van der Waals surface area (Å²) in [7, 11) is 1.36. The minimum atomic E-state index is -0.389. The van der Waals surface area contributed by atoms with E-state index in [1.54, 1.807) is 6.92 Å². The van der Waals surface area contributed by atoms with Crippen molar-refractivity contribution in [3.05, 3.63) is 12.2 Å². The van der Waals surface area contributed by atoms with Crippen LogP contribution in [0.1, 0.15) is 26.7 Å². The van der Waals surface area contributed by atoms with E-state index in [1.807, 2.05) is 6.92 Å². The Morgan fingerprint density at radius 1 is 1.38 bits per heavy atom. The number of rotatable bonds is 6. The van der Waals surface area contributed by atoms with Crippen molar-refractivity contribution in [1.29, 1.82) is 0 Å². The molecule has 0 aromatic heterocycles. The molecule has 0 radical (unpaired) electrons. The van der Waals surface area contributed by atoms with Gasteiger partial charge < -0.3 is 15.6 Å². The molecule has 5 heteroatoms. The highest BCUT2D eigenvalue weighted by Gasteiger charge is 2.10. The van der Waals surface area contributed by atoms with Crippen molar-refractivity contribution in [3.63, 3.8) is 0 Å². The average Bonchev–Trinajstić information content (AvgIpc) is 2.17. The van der Waals surface area contributed by atoms with Crippen molar-refractivity contribution in [2.75, 3.05) is 13.7 Å². The van der Waals surface area contributed by atoms with E-state index in [4.69, 9.17) is 4.74 Å². The van der Waals surface area contributed by atoms with Crippen molar-refractivity contribution in [2.45, 2.75) is 26.7 Å². The number of hydrogen-bond acceptors (Lipinski definition) is 5. The van der Waals surface area contributed by atoms with Gasteiger partial charge in [-0.3, -0.25) is 4.79 Å². The highest BCUT2D eigenvalue weighted by atomic mass is 16.5. The van der Waals surface area contributed by atoms with E-state index in [2.05, 4.69) is 11.3 Å². The largest absolute Gasteiger partial charge is 0.469 e. The number of carbonyl (C=O) groups is 2. The van der Waals surface area contributed by atoms with Crippen LogP contribution in [0, 0.1) is 5.92 Å². The van der Waals surface area contributed by atoms with Gasteiger partial charge in [-0.15, -0.1) is 0 Å². The second-order valence-electron chi connectivity index (χ2n) is 3.59. The summed E-state index contributed by atoms with van der Waals surface area (Å²) in [5.41, 5.74) is 0.385. The van der Waals surface area contributed by atoms with Gasteiger partial charge in [0.1, 0.15) is 0 Å². The molecule has 94 valence electrons. The maximum absolute atomic E-state index is 11.0. The topological polar surface area (TPSA) is 87.6 Å². The molecule has 16 heavy (non-hydrogen) atoms. The van der Waals surface area contributed by atoms with E-state index < -0.39 is 0 Å². The molecule has 0 saturated heterocycles. The lowest BCUT2D eigenvalue weighted by molar-refractivity contribution is -0.141. The fraction of sp³-hybridized carbons (Fsp3) is 0.636. The molecule has 0 aliphatic carbocycles. The molecule has 0 rings (SSSR count). The predicted molar refractivity (Wildman–Crippen MR) is 61.2 cm³/mol. The molecule has 1 unspecified atom stereocenters. The third kappa shape index (κ3) is 7.99. The zero-order valence-corrected chi connectivity index (χ0v) is 10.2. The van der Waals surface area contributed by atoms with Crippen LogP contribution in [-0.4, -0.2) is 25.7 Å². The number of carbonyl (C=O) groups excluding carboxylic acids is 2. The molecule has 0 spiro atoms. The summed E-state index contributed by atoms with van der Waals surface area (Å²) >= 11 is 0. The number of esters is 2. The quantitative estimate of drug-likeness (QED) is 0.556. The first-order valence-electron chi connectivity index (χ1n) is 4.86. The summed E-state index contributed by atoms with van der Waals surface area (Å²) in [5.74, 6) is -0.482. The minimum absolute atomic E-state index is 0. The number of ether oxygens (including phenoxy) is 2. The molecule has 3 N–H and O–H groups in total. The van der Waals surface area contributed by atoms with Crippen molar-refractivity contribution < 1.29 is 19.1 Å². The average molecular weight is 231 g/mol. The Morgan fingerprint density at radius 2 is 1.94 bits per heavy atom. The first kappa shape index (κ1) is 17.0. The van der Waals surface area contributed by atoms with Crippen LogP contribution in [0.3, 0.4) is 0 Å². The Kier molecular flexibility index (Phi) is 9.49. The van der Waals surface area contributed by atoms with E-state index in [0.29, 0.717) is 25.0 Å². The molecule has 0 saturated carbocycles. The Balaban J connectivity index is 0. The summed E-state index contributed by atoms with van der Waals surface area (Å²) in [4.78, 5) is 21.9. The van der Waals surface area contributed by atoms with Crippen LogP contribution in [0.15, 0.2) is 12.2 Å². The number of methoxy groups -OCH3 is 1. The molecule has 5 nitrogen and oxygen atoms in total. The second-order valence-corrected chi connectivity index (χ2v) is 3.59. The van der Waals surface area contributed by atoms with Gasteiger partial charge in [0, 0.05) is 12.0 Å². The van der Waals surface area contributed by atoms with Gasteiger partial charge in [-0.25, -0.2) is 4.79 Å². The molecule has 0 amide bonds. The summed E-state index contributed by atoms with van der Waals surface area (Å²) in [6.07, 6.45) is 0.995. The highest BCUT2D eigenvalue weighted by Crippen LogP contribution is 2.08. The van der Waals surface area contributed by atoms with E-state index in [1.165, 1.54) is 7.11 Å². The van der Waals surface area contributed by atoms with Crippen LogP contribution in [0.25, 0.3) is 0 Å². The number of hydrogen-bond donors (Lipinski definition) is 1. The molecule has 0 aliphatic rings. The molecule has 0 aromatic carbocycles. The first-order chi connectivity index (χ1) is 6.97. The van der Waals surface area contributed by atoms with E-state index in [0.717, 1.165) is 0 Å². The Bertz CT molecular complexity index is 250. The second kappa shape index (κ2) is 8.91. The van der Waals surface area contributed by atoms with Crippen LogP contribution in [0.4, 0.5) is 0 Å². The third-order valence-electron chi connectivity index (χ3n) is 1.94. The van der Waals surface area contributed by atoms with Crippen LogP contribution in [0.2, 0.25) is 0 Å². The zero-order valence-electron chi connectivity index (χ0n) is 10.2. The normalized spacial score (nSPS) is 10.9. The van der Waals surface area contributed by atoms with Gasteiger partial charge in [-0.05, 0) is 19.3 Å². The van der Waals surface area contributed by atoms with Gasteiger partial charge >= 0.3 is 11.9 Å². The molecule has 0 aromatic rings. The summed E-state index contributed by atoms with van der Waals surface area (Å²) < 4.78 is 9.42. The highest BCUT2D eigenvalue weighted by molar-refractivity contribution is 5.86. The molecular formula is C11H21NO4. The lowest BCUT2D eigenvalue weighted by Gasteiger charge is -2.10. The molecular weight excluding hydrogens is 210 g/mol. The fourth-order valence-electron chi connectivity index (χ4n) is 0.946. The van der Waals surface area contributed by atoms with E-state index >= 15 is 0 Å². The van der Waals surface area contributed by atoms with Crippen LogP contribution in [0.5, 0.6) is 0 Å². The Labute approximate surface area is 96.4 Å². The lowest BCUT2D eigenvalue weighted by atomic mass is 10.1. The van der Waals surface area contributed by atoms with E-state index in [-0.39, 0.29) is 24.0 Å². The molecule has 1 atom stereocenters. The van der Waals surface area contributed by atoms with Gasteiger partial charge in [0.25, 0.3) is 0 Å². The van der Waals surface area contributed by atoms with Crippen LogP contribution < -0.4 is 6.15 Å². The molecule has 0 heterocycles. The minimum Gasteiger partial charge on any atom is -0.469 e. The first-order valence-corrected chi connectivity index (χ1v) is 4.86. The summed E-state index contributed by atoms with van der Waals surface area (Å²) in [5, 5.41) is 0. The van der Waals surface area contributed by atoms with Gasteiger partial charge in [0.15, 0.2) is 0 Å². The maximum atomic E-state index is 11.0. The summed E-state index contributed by atoms with van der Waals surface area (Å²) in [6, 6.07) is 0. The van der Waals surface area contributed by atoms with Gasteiger partial charge in [-0.2, -0.15) is 0 Å². The van der Waals surface area contributed by atoms with Crippen molar-refractivity contribution >= 4 is 11.9 Å². The van der Waals surface area contributed by atoms with Gasteiger partial charge in [0.05, 0.1) is 13.7 Å². The SMILES string of the molecule is C=C(C)C(=O)OCCC(C)CC(=O)OC.N. The van der Waals surface area contributed by atoms with Crippen LogP contribution >= 0.6 is 0 Å².